The number of hydrogen-bond donors (Lipinski definition) is 16. The second-order valence-electron chi connectivity index (χ2n) is 27.0. The fourth-order valence-electron chi connectivity index (χ4n) is 12.2. The summed E-state index contributed by atoms with van der Waals surface area (Å²) in [5.41, 5.74) is 18.6. The van der Waals surface area contributed by atoms with Crippen molar-refractivity contribution >= 4 is 75.9 Å². The van der Waals surface area contributed by atoms with Gasteiger partial charge >= 0.3 is 0 Å². The first-order valence-corrected chi connectivity index (χ1v) is 35.7. The quantitative estimate of drug-likeness (QED) is 0.0171. The van der Waals surface area contributed by atoms with Gasteiger partial charge in [0.25, 0.3) is 0 Å². The molecule has 0 saturated carbocycles. The van der Waals surface area contributed by atoms with Gasteiger partial charge in [0, 0.05) is 55.9 Å². The molecule has 0 radical (unpaired) electrons. The van der Waals surface area contributed by atoms with Gasteiger partial charge in [-0.15, -0.1) is 0 Å². The number of aliphatic hydroxyl groups excluding tert-OH is 2. The fourth-order valence-corrected chi connectivity index (χ4v) is 12.2. The van der Waals surface area contributed by atoms with E-state index in [-0.39, 0.29) is 74.4 Å². The van der Waals surface area contributed by atoms with Crippen LogP contribution < -0.4 is 59.7 Å². The lowest BCUT2D eigenvalue weighted by atomic mass is 10.00. The molecule has 1 aliphatic heterocycles. The monoisotopic (exact) mass is 1410 g/mol. The summed E-state index contributed by atoms with van der Waals surface area (Å²) in [6.07, 6.45) is 14.6. The predicted octanol–water partition coefficient (Wildman–Crippen LogP) is 3.32. The molecular weight excluding hydrogens is 1300 g/mol. The summed E-state index contributed by atoms with van der Waals surface area (Å²) in [6, 6.07) is 5.60. The molecule has 2 heterocycles. The van der Waals surface area contributed by atoms with Crippen LogP contribution in [0.15, 0.2) is 84.0 Å². The van der Waals surface area contributed by atoms with Gasteiger partial charge in [0.1, 0.15) is 65.9 Å². The van der Waals surface area contributed by atoms with Gasteiger partial charge in [-0.1, -0.05) is 140 Å². The standard InChI is InChI=1S/C73H110N14O14/c1-7-8-9-10-11-12-13-14-15-16-17-18-19-28-61(92)87-38-23-27-60(87)70(99)82-56(39-44(2)3)67(96)81-59(42-50-43-78-54-25-21-20-24-53(50)54)66(95)79-45(4)65(94)85-62(46(5)88)71(100)84-58(41-49-31-35-52(91)36-32-49)69(98)86-63(47(6)89)72(101)83-57(40-48-29-33-51(90)34-30-48)68(97)80-55(64(74)93)26-22-37-77-73(75)76/h20-21,24-25,29-36,43-47,55-60,62-63,78,88-91H,7-19,22-23,26-28,37-42H2,1-6H3,(H2,74,93)(H,79,95)(H,80,97)(H,81,96)(H,82,99)(H,83,101)(H,84,100)(H,85,94)(H,86,98)(H4,75,76,77)/t45-,46+,47+,55-,56-,57-,58-,59-,60-,62-,63-/m0/s1. The molecule has 28 heteroatoms. The first kappa shape index (κ1) is 82.4. The van der Waals surface area contributed by atoms with Gasteiger partial charge in [0.05, 0.1) is 12.2 Å². The molecule has 4 aromatic rings. The Balaban J connectivity index is 1.29. The van der Waals surface area contributed by atoms with Crippen LogP contribution in [0.2, 0.25) is 0 Å². The Bertz CT molecular complexity index is 3360. The van der Waals surface area contributed by atoms with Crippen LogP contribution in [0.3, 0.4) is 0 Å². The van der Waals surface area contributed by atoms with E-state index in [9.17, 15) is 68.4 Å². The number of nitrogens with one attached hydrogen (secondary N) is 9. The number of nitrogens with two attached hydrogens (primary N) is 3. The number of benzene rings is 3. The average Bonchev–Trinajstić information content (AvgIpc) is 1.78. The van der Waals surface area contributed by atoms with Gasteiger partial charge in [-0.2, -0.15) is 0 Å². The molecule has 5 rings (SSSR count). The number of likely N-dealkylation sites (tertiary alicyclic amines) is 1. The van der Waals surface area contributed by atoms with Crippen LogP contribution in [0, 0.1) is 5.92 Å². The first-order chi connectivity index (χ1) is 48.1. The lowest BCUT2D eigenvalue weighted by molar-refractivity contribution is -0.140. The Morgan fingerprint density at radius 1 is 0.535 bits per heavy atom. The number of unbranched alkanes of at least 4 members (excludes halogenated alkanes) is 12. The largest absolute Gasteiger partial charge is 0.508 e. The van der Waals surface area contributed by atoms with Crippen LogP contribution in [0.25, 0.3) is 10.9 Å². The van der Waals surface area contributed by atoms with Gasteiger partial charge < -0.3 is 90.0 Å². The van der Waals surface area contributed by atoms with E-state index in [1.807, 2.05) is 38.1 Å². The molecule has 1 aromatic heterocycles. The predicted molar refractivity (Wildman–Crippen MR) is 384 cm³/mol. The van der Waals surface area contributed by atoms with Crippen molar-refractivity contribution in [2.75, 3.05) is 13.1 Å². The number of guanidine groups is 1. The van der Waals surface area contributed by atoms with E-state index in [2.05, 4.69) is 59.4 Å². The maximum Gasteiger partial charge on any atom is 0.245 e. The molecule has 0 spiro atoms. The Hall–Kier alpha value is -9.31. The van der Waals surface area contributed by atoms with Crippen LogP contribution in [0.1, 0.15) is 180 Å². The number of aliphatic imine (C=N–C) groups is 1. The highest BCUT2D eigenvalue weighted by Gasteiger charge is 2.39. The number of H-pyrrole nitrogens is 1. The third-order valence-corrected chi connectivity index (χ3v) is 17.9. The minimum absolute atomic E-state index is 0.00280. The van der Waals surface area contributed by atoms with E-state index in [4.69, 9.17) is 17.2 Å². The highest BCUT2D eigenvalue weighted by Crippen LogP contribution is 2.24. The summed E-state index contributed by atoms with van der Waals surface area (Å²) in [6.45, 7) is 10.1. The molecule has 0 unspecified atom stereocenters. The number of nitrogens with zero attached hydrogens (tertiary/aromatic N) is 2. The van der Waals surface area contributed by atoms with Crippen LogP contribution in [-0.2, 0) is 67.2 Å². The lowest BCUT2D eigenvalue weighted by Crippen LogP contribution is -2.63. The number of carbonyl (C=O) groups is 10. The number of aliphatic hydroxyl groups is 2. The number of aromatic nitrogens is 1. The summed E-state index contributed by atoms with van der Waals surface area (Å²) < 4.78 is 0. The van der Waals surface area contributed by atoms with E-state index in [0.29, 0.717) is 48.9 Å². The average molecular weight is 1410 g/mol. The molecule has 10 amide bonds. The number of phenolic OH excluding ortho intramolecular Hbond substituents is 2. The number of phenols is 2. The molecule has 1 aliphatic rings. The molecular formula is C73H110N14O14. The molecule has 28 nitrogen and oxygen atoms in total. The molecule has 1 saturated heterocycles. The zero-order valence-electron chi connectivity index (χ0n) is 59.4. The van der Waals surface area contributed by atoms with Crippen LogP contribution in [0.4, 0.5) is 0 Å². The summed E-state index contributed by atoms with van der Waals surface area (Å²) >= 11 is 0. The molecule has 11 atom stereocenters. The number of hydrogen-bond acceptors (Lipinski definition) is 15. The van der Waals surface area contributed by atoms with Crippen molar-refractivity contribution in [3.05, 3.63) is 95.7 Å². The van der Waals surface area contributed by atoms with Gasteiger partial charge in [-0.25, -0.2) is 0 Å². The highest BCUT2D eigenvalue weighted by atomic mass is 16.3. The number of fused-ring (bicyclic) bond motifs is 1. The number of primary amides is 1. The lowest BCUT2D eigenvalue weighted by Gasteiger charge is -2.29. The maximum atomic E-state index is 14.6. The molecule has 0 bridgehead atoms. The zero-order chi connectivity index (χ0) is 74.1. The Labute approximate surface area is 592 Å². The number of amides is 10. The van der Waals surface area contributed by atoms with Crippen molar-refractivity contribution in [3.63, 3.8) is 0 Å². The zero-order valence-corrected chi connectivity index (χ0v) is 59.4. The number of aromatic hydroxyl groups is 2. The SMILES string of the molecule is CCCCCCCCCCCCCCCC(=O)N1CCC[C@H]1C(=O)N[C@@H](CC(C)C)C(=O)N[C@@H](Cc1c[nH]c2ccccc12)C(=O)N[C@@H](C)C(=O)N[C@H](C(=O)N[C@@H](Cc1ccc(O)cc1)C(=O)N[C@H](C(=O)N[C@@H](Cc1ccc(O)cc1)C(=O)N[C@@H](CCCN=C(N)N)C(N)=O)[C@@H](C)O)[C@@H](C)O. The molecule has 0 aliphatic carbocycles. The topological polar surface area (TPSA) is 457 Å². The van der Waals surface area contributed by atoms with E-state index >= 15 is 0 Å². The van der Waals surface area contributed by atoms with E-state index in [0.717, 1.165) is 30.2 Å². The first-order valence-electron chi connectivity index (χ1n) is 35.7. The number of rotatable bonds is 45. The van der Waals surface area contributed by atoms with Crippen LogP contribution in [0.5, 0.6) is 11.5 Å². The van der Waals surface area contributed by atoms with Crippen molar-refractivity contribution in [2.24, 2.45) is 28.1 Å². The van der Waals surface area contributed by atoms with Crippen molar-refractivity contribution in [2.45, 2.75) is 249 Å². The van der Waals surface area contributed by atoms with E-state index in [1.165, 1.54) is 127 Å². The van der Waals surface area contributed by atoms with Gasteiger partial charge in [-0.05, 0) is 112 Å². The minimum atomic E-state index is -1.84. The third-order valence-electron chi connectivity index (χ3n) is 17.9. The summed E-state index contributed by atoms with van der Waals surface area (Å²) in [5.74, 6) is -8.77. The molecule has 3 aromatic carbocycles. The van der Waals surface area contributed by atoms with Gasteiger partial charge in [0.2, 0.25) is 59.1 Å². The van der Waals surface area contributed by atoms with Gasteiger partial charge in [-0.3, -0.25) is 52.9 Å². The number of aromatic amines is 1. The summed E-state index contributed by atoms with van der Waals surface area (Å²) in [5, 5.41) is 63.8. The Morgan fingerprint density at radius 3 is 1.51 bits per heavy atom. The molecule has 19 N–H and O–H groups in total. The molecule has 101 heavy (non-hydrogen) atoms. The number of para-hydroxylation sites is 1. The Morgan fingerprint density at radius 2 is 1.00 bits per heavy atom. The van der Waals surface area contributed by atoms with Crippen molar-refractivity contribution in [1.29, 1.82) is 0 Å². The third kappa shape index (κ3) is 28.3. The maximum absolute atomic E-state index is 14.6. The summed E-state index contributed by atoms with van der Waals surface area (Å²) in [4.78, 5) is 149. The van der Waals surface area contributed by atoms with Crippen molar-refractivity contribution in [3.8, 4) is 11.5 Å². The van der Waals surface area contributed by atoms with E-state index in [1.54, 1.807) is 11.1 Å². The minimum Gasteiger partial charge on any atom is -0.508 e. The van der Waals surface area contributed by atoms with Crippen LogP contribution in [-0.4, -0.2) is 175 Å². The number of carbonyl (C=O) groups excluding carboxylic acids is 10. The van der Waals surface area contributed by atoms with Gasteiger partial charge in [0.15, 0.2) is 5.96 Å². The molecule has 1 fully saturated rings. The fraction of sp³-hybridized carbons (Fsp3) is 0.575. The molecule has 556 valence electrons. The van der Waals surface area contributed by atoms with Crippen LogP contribution >= 0.6 is 0 Å². The second kappa shape index (κ2) is 42.7. The second-order valence-corrected chi connectivity index (χ2v) is 27.0. The Kier molecular flexibility index (Phi) is 34.8. The van der Waals surface area contributed by atoms with E-state index < -0.39 is 120 Å². The smallest absolute Gasteiger partial charge is 0.245 e. The highest BCUT2D eigenvalue weighted by molar-refractivity contribution is 5.99. The normalized spacial score (nSPS) is 15.8. The van der Waals surface area contributed by atoms with Crippen molar-refractivity contribution in [1.82, 2.24) is 52.4 Å². The summed E-state index contributed by atoms with van der Waals surface area (Å²) in [7, 11) is 0. The van der Waals surface area contributed by atoms with Crippen molar-refractivity contribution < 1.29 is 68.4 Å².